The number of hydrazone groups is 2. The fourth-order valence-electron chi connectivity index (χ4n) is 2.83. The minimum Gasteiger partial charge on any atom is -0.858 e. The second-order valence-corrected chi connectivity index (χ2v) is 6.91. The van der Waals surface area contributed by atoms with Crippen LogP contribution in [0.1, 0.15) is 13.3 Å². The molecule has 4 rings (SSSR count). The first-order valence-corrected chi connectivity index (χ1v) is 9.52. The fourth-order valence-corrected chi connectivity index (χ4v) is 2.83. The number of dihydropyridines is 1. The zero-order chi connectivity index (χ0) is 23.2. The number of amidine groups is 1. The van der Waals surface area contributed by atoms with Gasteiger partial charge in [0.2, 0.25) is 0 Å². The van der Waals surface area contributed by atoms with E-state index in [4.69, 9.17) is 0 Å². The van der Waals surface area contributed by atoms with Crippen LogP contribution in [0.15, 0.2) is 87.0 Å². The minimum absolute atomic E-state index is 0. The molecule has 2 aliphatic heterocycles. The van der Waals surface area contributed by atoms with Crippen molar-refractivity contribution in [1.29, 1.82) is 0 Å². The van der Waals surface area contributed by atoms with Crippen LogP contribution >= 0.6 is 0 Å². The van der Waals surface area contributed by atoms with E-state index in [1.54, 1.807) is 6.20 Å². The molecule has 2 N–H and O–H groups in total. The first-order chi connectivity index (χ1) is 15.2. The maximum Gasteiger partial charge on any atom is 2.00 e. The molecule has 11 heteroatoms. The predicted molar refractivity (Wildman–Crippen MR) is 114 cm³/mol. The number of aliphatic hydroxyl groups is 1. The summed E-state index contributed by atoms with van der Waals surface area (Å²) >= 11 is 0. The van der Waals surface area contributed by atoms with Crippen molar-refractivity contribution in [3.05, 3.63) is 91.1 Å². The summed E-state index contributed by atoms with van der Waals surface area (Å²) < 4.78 is 39.6. The van der Waals surface area contributed by atoms with Gasteiger partial charge in [-0.15, -0.1) is 12.8 Å². The van der Waals surface area contributed by atoms with E-state index in [9.17, 15) is 23.4 Å². The summed E-state index contributed by atoms with van der Waals surface area (Å²) in [7, 11) is 0. The molecule has 174 valence electrons. The Balaban J connectivity index is 0.000000568. The summed E-state index contributed by atoms with van der Waals surface area (Å²) in [5.74, 6) is -0.886. The molecule has 0 aromatic heterocycles. The van der Waals surface area contributed by atoms with Crippen LogP contribution in [0.25, 0.3) is 0 Å². The van der Waals surface area contributed by atoms with E-state index in [1.165, 1.54) is 19.1 Å². The molecule has 0 saturated heterocycles. The molecule has 0 bridgehead atoms. The molecule has 7 nitrogen and oxygen atoms in total. The SMILES string of the molecule is CC1=NN(/C([O-])=C2C=C/C(=N\NC=C3C=CC=C3)N=C/2)C(O)(C(F)(F)F)C1.[CH]1[CH][CH-]C=C1.[Fe+2]. The van der Waals surface area contributed by atoms with Crippen molar-refractivity contribution in [2.45, 2.75) is 25.2 Å². The van der Waals surface area contributed by atoms with Crippen LogP contribution in [-0.2, 0) is 17.1 Å². The summed E-state index contributed by atoms with van der Waals surface area (Å²) in [6, 6.07) is 0. The Morgan fingerprint density at radius 1 is 1.27 bits per heavy atom. The fraction of sp³-hybridized carbons (Fsp3) is 0.182. The van der Waals surface area contributed by atoms with Gasteiger partial charge in [-0.3, -0.25) is 5.43 Å². The molecule has 0 fully saturated rings. The van der Waals surface area contributed by atoms with Crippen molar-refractivity contribution in [3.63, 3.8) is 0 Å². The number of alkyl halides is 3. The van der Waals surface area contributed by atoms with Gasteiger partial charge in [-0.05, 0) is 30.5 Å². The molecule has 33 heavy (non-hydrogen) atoms. The number of hydrogen-bond donors (Lipinski definition) is 2. The molecule has 2 heterocycles. The van der Waals surface area contributed by atoms with Gasteiger partial charge in [0, 0.05) is 30.1 Å². The maximum atomic E-state index is 13.2. The number of allylic oxidation sites excluding steroid dienone is 9. The summed E-state index contributed by atoms with van der Waals surface area (Å²) in [5, 5.41) is 29.9. The smallest absolute Gasteiger partial charge is 0.858 e. The molecule has 1 unspecified atom stereocenters. The van der Waals surface area contributed by atoms with Crippen LogP contribution in [0.3, 0.4) is 0 Å². The van der Waals surface area contributed by atoms with Crippen molar-refractivity contribution in [1.82, 2.24) is 10.4 Å². The Kier molecular flexibility index (Phi) is 8.92. The zero-order valence-electron chi connectivity index (χ0n) is 17.3. The van der Waals surface area contributed by atoms with E-state index >= 15 is 0 Å². The first kappa shape index (κ1) is 26.2. The third-order valence-corrected chi connectivity index (χ3v) is 4.42. The van der Waals surface area contributed by atoms with Crippen molar-refractivity contribution >= 4 is 17.8 Å². The summed E-state index contributed by atoms with van der Waals surface area (Å²) in [6.07, 6.45) is 16.9. The van der Waals surface area contributed by atoms with Gasteiger partial charge >= 0.3 is 23.2 Å². The summed E-state index contributed by atoms with van der Waals surface area (Å²) in [6.45, 7) is 1.30. The third-order valence-electron chi connectivity index (χ3n) is 4.42. The largest absolute Gasteiger partial charge is 2.00 e. The average molecular weight is 499 g/mol. The van der Waals surface area contributed by atoms with Crippen LogP contribution in [0.2, 0.25) is 0 Å². The standard InChI is InChI=1S/C17H16F3N5O2.C5H5.Fe/c1-11-8-16(27,17(18,19)20)25(24-11)15(26)13-6-7-14(21-10-13)23-22-9-12-4-2-3-5-12;1-2-4-5-3-1;/h2-7,9-10,22,26-27H,8H2,1H3;1-5H;/q;-1;+2/p-1/b15-13+,23-14+;;. The van der Waals surface area contributed by atoms with E-state index in [-0.39, 0.29) is 39.2 Å². The molecule has 0 aromatic rings. The summed E-state index contributed by atoms with van der Waals surface area (Å²) in [4.78, 5) is 3.91. The van der Waals surface area contributed by atoms with Gasteiger partial charge in [0.25, 0.3) is 5.72 Å². The van der Waals surface area contributed by atoms with Crippen LogP contribution < -0.4 is 10.5 Å². The molecule has 0 spiro atoms. The van der Waals surface area contributed by atoms with Gasteiger partial charge in [0.15, 0.2) is 5.84 Å². The summed E-state index contributed by atoms with van der Waals surface area (Å²) in [5.41, 5.74) is 0.0505. The zero-order valence-corrected chi connectivity index (χ0v) is 18.4. The van der Waals surface area contributed by atoms with E-state index in [2.05, 4.69) is 20.6 Å². The van der Waals surface area contributed by atoms with Crippen molar-refractivity contribution in [2.75, 3.05) is 0 Å². The van der Waals surface area contributed by atoms with Gasteiger partial charge in [0.1, 0.15) is 0 Å². The number of hydrogen-bond acceptors (Lipinski definition) is 6. The quantitative estimate of drug-likeness (QED) is 0.270. The molecular formula is C22H20F3FeN5O2. The molecule has 2 aliphatic carbocycles. The molecule has 0 aromatic carbocycles. The predicted octanol–water partition coefficient (Wildman–Crippen LogP) is 2.61. The van der Waals surface area contributed by atoms with E-state index in [0.29, 0.717) is 0 Å². The maximum absolute atomic E-state index is 13.2. The van der Waals surface area contributed by atoms with Gasteiger partial charge in [0.05, 0.1) is 0 Å². The Bertz CT molecular complexity index is 968. The minimum atomic E-state index is -5.05. The topological polar surface area (TPSA) is 95.6 Å². The Morgan fingerprint density at radius 3 is 2.52 bits per heavy atom. The molecule has 1 atom stereocenters. The second kappa shape index (κ2) is 11.2. The Morgan fingerprint density at radius 2 is 2.00 bits per heavy atom. The van der Waals surface area contributed by atoms with E-state index in [1.807, 2.05) is 55.7 Å². The van der Waals surface area contributed by atoms with Crippen LogP contribution in [-0.4, -0.2) is 39.8 Å². The Hall–Kier alpha value is -3.01. The van der Waals surface area contributed by atoms with Crippen molar-refractivity contribution in [2.24, 2.45) is 15.2 Å². The van der Waals surface area contributed by atoms with Gasteiger partial charge < -0.3 is 10.2 Å². The van der Waals surface area contributed by atoms with Gasteiger partial charge in [-0.1, -0.05) is 24.3 Å². The molecule has 0 amide bonds. The monoisotopic (exact) mass is 499 g/mol. The Labute approximate surface area is 200 Å². The van der Waals surface area contributed by atoms with Crippen molar-refractivity contribution in [3.8, 4) is 0 Å². The molecule has 4 aliphatic rings. The van der Waals surface area contributed by atoms with E-state index in [0.717, 1.165) is 11.8 Å². The number of rotatable bonds is 3. The molecule has 0 saturated carbocycles. The molecule has 2 radical (unpaired) electrons. The van der Waals surface area contributed by atoms with Crippen LogP contribution in [0.4, 0.5) is 13.2 Å². The first-order valence-electron chi connectivity index (χ1n) is 9.52. The number of aliphatic imine (C=N–C) groups is 1. The number of halogens is 3. The van der Waals surface area contributed by atoms with Crippen LogP contribution in [0, 0.1) is 19.3 Å². The van der Waals surface area contributed by atoms with Gasteiger partial charge in [-0.2, -0.15) is 23.4 Å². The van der Waals surface area contributed by atoms with Crippen molar-refractivity contribution < 1.29 is 40.5 Å². The second-order valence-electron chi connectivity index (χ2n) is 6.91. The van der Waals surface area contributed by atoms with Gasteiger partial charge in [-0.25, -0.2) is 28.6 Å². The number of nitrogens with zero attached hydrogens (tertiary/aromatic N) is 4. The number of nitrogens with one attached hydrogen (secondary N) is 1. The average Bonchev–Trinajstić information content (AvgIpc) is 3.51. The molecular weight excluding hydrogens is 479 g/mol. The normalized spacial score (nSPS) is 25.5. The van der Waals surface area contributed by atoms with E-state index < -0.39 is 24.2 Å². The van der Waals surface area contributed by atoms with Crippen LogP contribution in [0.5, 0.6) is 0 Å². The third kappa shape index (κ3) is 6.50.